The van der Waals surface area contributed by atoms with E-state index in [0.717, 1.165) is 5.56 Å². The van der Waals surface area contributed by atoms with Crippen LogP contribution in [-0.4, -0.2) is 25.6 Å². The minimum absolute atomic E-state index is 0.0342. The summed E-state index contributed by atoms with van der Waals surface area (Å²) in [5.41, 5.74) is 6.58. The van der Waals surface area contributed by atoms with Crippen molar-refractivity contribution in [1.29, 1.82) is 0 Å². The number of carbonyl (C=O) groups excluding carboxylic acids is 1. The molecule has 0 amide bonds. The number of rotatable bonds is 8. The van der Waals surface area contributed by atoms with Crippen molar-refractivity contribution in [3.63, 3.8) is 0 Å². The first-order chi connectivity index (χ1) is 12.4. The van der Waals surface area contributed by atoms with E-state index >= 15 is 0 Å². The predicted octanol–water partition coefficient (Wildman–Crippen LogP) is 3.47. The summed E-state index contributed by atoms with van der Waals surface area (Å²) in [6, 6.07) is 11.8. The number of hydrogen-bond acceptors (Lipinski definition) is 5. The van der Waals surface area contributed by atoms with Crippen LogP contribution in [0.1, 0.15) is 24.1 Å². The molecule has 2 aromatic carbocycles. The van der Waals surface area contributed by atoms with E-state index in [9.17, 15) is 13.6 Å². The van der Waals surface area contributed by atoms with E-state index in [1.165, 1.54) is 32.2 Å². The van der Waals surface area contributed by atoms with Gasteiger partial charge in [0.15, 0.2) is 11.5 Å². The highest BCUT2D eigenvalue weighted by Crippen LogP contribution is 2.36. The molecule has 0 heterocycles. The molecule has 5 nitrogen and oxygen atoms in total. The van der Waals surface area contributed by atoms with Crippen LogP contribution in [0.3, 0.4) is 0 Å². The minimum atomic E-state index is -3.85. The van der Waals surface area contributed by atoms with Crippen molar-refractivity contribution in [2.45, 2.75) is 25.5 Å². The van der Waals surface area contributed by atoms with E-state index in [0.29, 0.717) is 12.4 Å². The Morgan fingerprint density at radius 1 is 1.15 bits per heavy atom. The molecule has 0 aliphatic carbocycles. The lowest BCUT2D eigenvalue weighted by atomic mass is 10.0. The number of carbonyl (C=O) groups is 1. The molecule has 0 unspecified atom stereocenters. The van der Waals surface area contributed by atoms with Gasteiger partial charge in [-0.05, 0) is 30.2 Å². The van der Waals surface area contributed by atoms with Gasteiger partial charge in [-0.15, -0.1) is 0 Å². The highest BCUT2D eigenvalue weighted by Gasteiger charge is 2.48. The number of benzene rings is 2. The molecule has 0 aromatic heterocycles. The molecule has 0 spiro atoms. The summed E-state index contributed by atoms with van der Waals surface area (Å²) in [6.07, 6.45) is 0. The zero-order valence-corrected chi connectivity index (χ0v) is 14.6. The second kappa shape index (κ2) is 8.62. The topological polar surface area (TPSA) is 70.8 Å². The lowest BCUT2D eigenvalue weighted by Gasteiger charge is -2.22. The van der Waals surface area contributed by atoms with Gasteiger partial charge in [0.05, 0.1) is 13.7 Å². The highest BCUT2D eigenvalue weighted by atomic mass is 19.3. The molecule has 2 rings (SSSR count). The molecular weight excluding hydrogens is 344 g/mol. The van der Waals surface area contributed by atoms with Crippen LogP contribution in [0, 0.1) is 0 Å². The molecule has 7 heteroatoms. The molecule has 2 aromatic rings. The zero-order valence-electron chi connectivity index (χ0n) is 14.6. The van der Waals surface area contributed by atoms with E-state index < -0.39 is 17.9 Å². The van der Waals surface area contributed by atoms with Crippen molar-refractivity contribution in [2.24, 2.45) is 5.73 Å². The van der Waals surface area contributed by atoms with Gasteiger partial charge in [-0.3, -0.25) is 0 Å². The largest absolute Gasteiger partial charge is 0.493 e. The number of esters is 1. The van der Waals surface area contributed by atoms with Gasteiger partial charge in [-0.2, -0.15) is 8.78 Å². The molecule has 0 aliphatic heterocycles. The zero-order chi connectivity index (χ0) is 19.2. The fraction of sp³-hybridized carbons (Fsp3) is 0.316. The SMILES string of the molecule is CCOC(=O)C(F)(F)[C@@H](N)c1ccc(OCc2ccccc2)c(OC)c1. The second-order valence-electron chi connectivity index (χ2n) is 5.51. The molecule has 0 bridgehead atoms. The average Bonchev–Trinajstić information content (AvgIpc) is 2.66. The van der Waals surface area contributed by atoms with Gasteiger partial charge in [0.2, 0.25) is 0 Å². The summed E-state index contributed by atoms with van der Waals surface area (Å²) < 4.78 is 43.5. The van der Waals surface area contributed by atoms with Gasteiger partial charge in [-0.25, -0.2) is 4.79 Å². The molecule has 0 radical (unpaired) electrons. The number of nitrogens with two attached hydrogens (primary N) is 1. The number of hydrogen-bond donors (Lipinski definition) is 1. The summed E-state index contributed by atoms with van der Waals surface area (Å²) in [7, 11) is 1.39. The summed E-state index contributed by atoms with van der Waals surface area (Å²) in [6.45, 7) is 1.58. The Balaban J connectivity index is 2.18. The summed E-state index contributed by atoms with van der Waals surface area (Å²) in [4.78, 5) is 11.5. The molecule has 0 saturated carbocycles. The first-order valence-corrected chi connectivity index (χ1v) is 8.05. The molecule has 1 atom stereocenters. The third-order valence-electron chi connectivity index (χ3n) is 3.72. The maximum Gasteiger partial charge on any atom is 0.379 e. The van der Waals surface area contributed by atoms with E-state index in [2.05, 4.69) is 4.74 Å². The van der Waals surface area contributed by atoms with Crippen LogP contribution in [0.25, 0.3) is 0 Å². The standard InChI is InChI=1S/C19H21F2NO4/c1-3-25-18(23)19(20,21)17(22)14-9-10-15(16(11-14)24-2)26-12-13-7-5-4-6-8-13/h4-11,17H,3,12,22H2,1-2H3/t17-/m0/s1. The van der Waals surface area contributed by atoms with E-state index in [-0.39, 0.29) is 17.9 Å². The molecule has 0 saturated heterocycles. The Morgan fingerprint density at radius 3 is 2.46 bits per heavy atom. The first-order valence-electron chi connectivity index (χ1n) is 8.05. The number of alkyl halides is 2. The monoisotopic (exact) mass is 365 g/mol. The van der Waals surface area contributed by atoms with E-state index in [1.807, 2.05) is 30.3 Å². The van der Waals surface area contributed by atoms with Gasteiger partial charge in [0, 0.05) is 0 Å². The van der Waals surface area contributed by atoms with Crippen molar-refractivity contribution in [3.8, 4) is 11.5 Å². The second-order valence-corrected chi connectivity index (χ2v) is 5.51. The Morgan fingerprint density at radius 2 is 1.85 bits per heavy atom. The predicted molar refractivity (Wildman–Crippen MR) is 92.3 cm³/mol. The molecule has 140 valence electrons. The summed E-state index contributed by atoms with van der Waals surface area (Å²) >= 11 is 0. The van der Waals surface area contributed by atoms with Crippen LogP contribution >= 0.6 is 0 Å². The van der Waals surface area contributed by atoms with Crippen molar-refractivity contribution in [3.05, 3.63) is 59.7 Å². The molecule has 2 N–H and O–H groups in total. The fourth-order valence-electron chi connectivity index (χ4n) is 2.30. The van der Waals surface area contributed by atoms with Gasteiger partial charge >= 0.3 is 11.9 Å². The average molecular weight is 365 g/mol. The Hall–Kier alpha value is -2.67. The van der Waals surface area contributed by atoms with Crippen LogP contribution in [0.15, 0.2) is 48.5 Å². The van der Waals surface area contributed by atoms with E-state index in [1.54, 1.807) is 0 Å². The Labute approximate surface area is 150 Å². The number of ether oxygens (including phenoxy) is 3. The minimum Gasteiger partial charge on any atom is -0.493 e. The van der Waals surface area contributed by atoms with Gasteiger partial charge in [0.1, 0.15) is 12.6 Å². The normalized spacial score (nSPS) is 12.3. The number of methoxy groups -OCH3 is 1. The van der Waals surface area contributed by atoms with Crippen LogP contribution < -0.4 is 15.2 Å². The molecule has 26 heavy (non-hydrogen) atoms. The Kier molecular flexibility index (Phi) is 6.52. The fourth-order valence-corrected chi connectivity index (χ4v) is 2.30. The van der Waals surface area contributed by atoms with Crippen molar-refractivity contribution >= 4 is 5.97 Å². The molecule has 0 fully saturated rings. The third kappa shape index (κ3) is 4.49. The third-order valence-corrected chi connectivity index (χ3v) is 3.72. The van der Waals surface area contributed by atoms with Gasteiger partial charge in [0.25, 0.3) is 0 Å². The van der Waals surface area contributed by atoms with Gasteiger partial charge < -0.3 is 19.9 Å². The smallest absolute Gasteiger partial charge is 0.379 e. The first kappa shape index (κ1) is 19.7. The van der Waals surface area contributed by atoms with Gasteiger partial charge in [-0.1, -0.05) is 36.4 Å². The lowest BCUT2D eigenvalue weighted by molar-refractivity contribution is -0.174. The van der Waals surface area contributed by atoms with Crippen LogP contribution in [-0.2, 0) is 16.1 Å². The lowest BCUT2D eigenvalue weighted by Crippen LogP contribution is -2.41. The summed E-state index contributed by atoms with van der Waals surface area (Å²) in [5, 5.41) is 0. The molecular formula is C19H21F2NO4. The van der Waals surface area contributed by atoms with Crippen LogP contribution in [0.4, 0.5) is 8.78 Å². The molecule has 0 aliphatic rings. The van der Waals surface area contributed by atoms with E-state index in [4.69, 9.17) is 15.2 Å². The van der Waals surface area contributed by atoms with Crippen LogP contribution in [0.2, 0.25) is 0 Å². The maximum atomic E-state index is 14.1. The number of halogens is 2. The van der Waals surface area contributed by atoms with Crippen LogP contribution in [0.5, 0.6) is 11.5 Å². The highest BCUT2D eigenvalue weighted by molar-refractivity contribution is 5.79. The Bertz CT molecular complexity index is 738. The summed E-state index contributed by atoms with van der Waals surface area (Å²) in [5.74, 6) is -4.89. The quantitative estimate of drug-likeness (QED) is 0.726. The van der Waals surface area contributed by atoms with Crippen molar-refractivity contribution in [2.75, 3.05) is 13.7 Å². The maximum absolute atomic E-state index is 14.1. The van der Waals surface area contributed by atoms with Crippen molar-refractivity contribution < 1.29 is 27.8 Å². The van der Waals surface area contributed by atoms with Crippen molar-refractivity contribution in [1.82, 2.24) is 0 Å².